The Morgan fingerprint density at radius 1 is 1.21 bits per heavy atom. The highest BCUT2D eigenvalue weighted by Gasteiger charge is 2.21. The van der Waals surface area contributed by atoms with Crippen molar-refractivity contribution >= 4 is 17.7 Å². The van der Waals surface area contributed by atoms with Gasteiger partial charge in [-0.1, -0.05) is 30.0 Å². The van der Waals surface area contributed by atoms with E-state index in [1.54, 1.807) is 18.3 Å². The second-order valence-corrected chi connectivity index (χ2v) is 8.05. The summed E-state index contributed by atoms with van der Waals surface area (Å²) in [6.45, 7) is 5.46. The third kappa shape index (κ3) is 3.64. The normalized spacial score (nSPS) is 13.4. The van der Waals surface area contributed by atoms with Crippen LogP contribution in [0.2, 0.25) is 0 Å². The fourth-order valence-corrected chi connectivity index (χ4v) is 4.42. The minimum absolute atomic E-state index is 0.0921. The van der Waals surface area contributed by atoms with Crippen LogP contribution in [0.25, 0.3) is 5.69 Å². The van der Waals surface area contributed by atoms with Gasteiger partial charge in [0.1, 0.15) is 5.75 Å². The van der Waals surface area contributed by atoms with Gasteiger partial charge in [-0.05, 0) is 60.7 Å². The molecule has 0 saturated heterocycles. The van der Waals surface area contributed by atoms with Crippen molar-refractivity contribution in [1.82, 2.24) is 14.5 Å². The monoisotopic (exact) mass is 393 g/mol. The summed E-state index contributed by atoms with van der Waals surface area (Å²) in [6.07, 6.45) is 4.53. The molecule has 0 fully saturated rings. The van der Waals surface area contributed by atoms with E-state index in [0.717, 1.165) is 22.8 Å². The Hall–Kier alpha value is -2.73. The number of imidazole rings is 1. The lowest BCUT2D eigenvalue weighted by atomic mass is 9.99. The number of benzene rings is 2. The van der Waals surface area contributed by atoms with Crippen LogP contribution < -0.4 is 0 Å². The molecule has 2 heterocycles. The van der Waals surface area contributed by atoms with Crippen LogP contribution in [0.1, 0.15) is 22.3 Å². The minimum Gasteiger partial charge on any atom is -0.508 e. The Labute approximate surface area is 169 Å². The van der Waals surface area contributed by atoms with E-state index in [1.165, 1.54) is 28.5 Å². The number of hydrogen-bond donors (Lipinski definition) is 1. The second kappa shape index (κ2) is 7.72. The third-order valence-corrected chi connectivity index (χ3v) is 6.27. The van der Waals surface area contributed by atoms with E-state index >= 15 is 0 Å². The Bertz CT molecular complexity index is 1030. The first-order valence-electron chi connectivity index (χ1n) is 9.34. The molecule has 1 N–H and O–H groups in total. The first-order chi connectivity index (χ1) is 13.5. The van der Waals surface area contributed by atoms with Crippen molar-refractivity contribution in [2.45, 2.75) is 32.0 Å². The van der Waals surface area contributed by atoms with Gasteiger partial charge in [0, 0.05) is 25.5 Å². The maximum absolute atomic E-state index is 12.8. The predicted molar refractivity (Wildman–Crippen MR) is 111 cm³/mol. The molecule has 3 aromatic rings. The van der Waals surface area contributed by atoms with Crippen LogP contribution in [0.15, 0.2) is 53.9 Å². The van der Waals surface area contributed by atoms with Crippen LogP contribution in [0, 0.1) is 13.8 Å². The average molecular weight is 394 g/mol. The molecule has 2 aromatic carbocycles. The molecule has 0 unspecified atom stereocenters. The number of carbonyl (C=O) groups excluding carboxylic acids is 1. The fraction of sp³-hybridized carbons (Fsp3) is 0.273. The van der Waals surface area contributed by atoms with Crippen LogP contribution in [-0.4, -0.2) is 37.8 Å². The molecule has 0 aliphatic carbocycles. The molecule has 6 heteroatoms. The van der Waals surface area contributed by atoms with Gasteiger partial charge in [0.25, 0.3) is 0 Å². The van der Waals surface area contributed by atoms with Crippen molar-refractivity contribution in [3.63, 3.8) is 0 Å². The van der Waals surface area contributed by atoms with E-state index in [1.807, 2.05) is 27.8 Å². The summed E-state index contributed by atoms with van der Waals surface area (Å²) >= 11 is 1.46. The SMILES string of the molecule is Cc1cccc(-n2ccnc2SCC(=O)N2CCc3ccc(O)cc3C2)c1C. The molecular formula is C22H23N3O2S. The van der Waals surface area contributed by atoms with Gasteiger partial charge in [-0.25, -0.2) is 4.98 Å². The number of thioether (sulfide) groups is 1. The maximum Gasteiger partial charge on any atom is 0.233 e. The summed E-state index contributed by atoms with van der Waals surface area (Å²) in [5, 5.41) is 10.5. The Morgan fingerprint density at radius 2 is 2.07 bits per heavy atom. The maximum atomic E-state index is 12.8. The first kappa shape index (κ1) is 18.6. The summed E-state index contributed by atoms with van der Waals surface area (Å²) in [4.78, 5) is 19.1. The van der Waals surface area contributed by atoms with E-state index in [0.29, 0.717) is 18.8 Å². The van der Waals surface area contributed by atoms with Crippen molar-refractivity contribution in [3.8, 4) is 11.4 Å². The molecule has 0 spiro atoms. The zero-order chi connectivity index (χ0) is 19.7. The lowest BCUT2D eigenvalue weighted by Gasteiger charge is -2.29. The third-order valence-electron chi connectivity index (χ3n) is 5.32. The lowest BCUT2D eigenvalue weighted by molar-refractivity contribution is -0.129. The summed E-state index contributed by atoms with van der Waals surface area (Å²) in [6, 6.07) is 11.6. The van der Waals surface area contributed by atoms with Crippen molar-refractivity contribution in [2.75, 3.05) is 12.3 Å². The molecule has 0 bridgehead atoms. The van der Waals surface area contributed by atoms with Gasteiger partial charge >= 0.3 is 0 Å². The highest BCUT2D eigenvalue weighted by atomic mass is 32.2. The van der Waals surface area contributed by atoms with Gasteiger partial charge in [-0.15, -0.1) is 0 Å². The number of rotatable bonds is 4. The number of nitrogens with zero attached hydrogens (tertiary/aromatic N) is 3. The highest BCUT2D eigenvalue weighted by molar-refractivity contribution is 7.99. The molecule has 28 heavy (non-hydrogen) atoms. The Morgan fingerprint density at radius 3 is 2.93 bits per heavy atom. The molecule has 4 rings (SSSR count). The minimum atomic E-state index is 0.0921. The standard InChI is InChI=1S/C22H23N3O2S/c1-15-4-3-5-20(16(15)2)25-11-9-23-22(25)28-14-21(27)24-10-8-17-6-7-19(26)12-18(17)13-24/h3-7,9,11-12,26H,8,10,13-14H2,1-2H3. The molecular weight excluding hydrogens is 370 g/mol. The quantitative estimate of drug-likeness (QED) is 0.684. The molecule has 1 aliphatic heterocycles. The van der Waals surface area contributed by atoms with E-state index in [9.17, 15) is 9.90 Å². The average Bonchev–Trinajstić information content (AvgIpc) is 3.16. The van der Waals surface area contributed by atoms with Crippen molar-refractivity contribution in [2.24, 2.45) is 0 Å². The van der Waals surface area contributed by atoms with E-state index < -0.39 is 0 Å². The van der Waals surface area contributed by atoms with Gasteiger partial charge in [-0.3, -0.25) is 9.36 Å². The number of phenolic OH excluding ortho intramolecular Hbond substituents is 1. The topological polar surface area (TPSA) is 58.4 Å². The fourth-order valence-electron chi connectivity index (χ4n) is 3.55. The summed E-state index contributed by atoms with van der Waals surface area (Å²) in [7, 11) is 0. The number of aromatic nitrogens is 2. The number of aryl methyl sites for hydroxylation is 1. The zero-order valence-corrected chi connectivity index (χ0v) is 16.9. The van der Waals surface area contributed by atoms with Crippen LogP contribution in [0.4, 0.5) is 0 Å². The van der Waals surface area contributed by atoms with Gasteiger partial charge < -0.3 is 10.0 Å². The van der Waals surface area contributed by atoms with Gasteiger partial charge in [0.2, 0.25) is 5.91 Å². The van der Waals surface area contributed by atoms with Gasteiger partial charge in [0.15, 0.2) is 5.16 Å². The number of amides is 1. The molecule has 5 nitrogen and oxygen atoms in total. The summed E-state index contributed by atoms with van der Waals surface area (Å²) < 4.78 is 2.05. The number of carbonyl (C=O) groups is 1. The number of phenols is 1. The Balaban J connectivity index is 1.45. The summed E-state index contributed by atoms with van der Waals surface area (Å²) in [5.74, 6) is 0.684. The summed E-state index contributed by atoms with van der Waals surface area (Å²) in [5.41, 5.74) is 5.77. The highest BCUT2D eigenvalue weighted by Crippen LogP contribution is 2.26. The molecule has 1 aromatic heterocycles. The zero-order valence-electron chi connectivity index (χ0n) is 16.1. The van der Waals surface area contributed by atoms with Gasteiger partial charge in [-0.2, -0.15) is 0 Å². The van der Waals surface area contributed by atoms with E-state index in [4.69, 9.17) is 0 Å². The van der Waals surface area contributed by atoms with E-state index in [2.05, 4.69) is 31.0 Å². The van der Waals surface area contributed by atoms with Crippen LogP contribution in [0.5, 0.6) is 5.75 Å². The van der Waals surface area contributed by atoms with Crippen molar-refractivity contribution in [3.05, 3.63) is 71.0 Å². The molecule has 1 aliphatic rings. The number of fused-ring (bicyclic) bond motifs is 1. The largest absolute Gasteiger partial charge is 0.508 e. The van der Waals surface area contributed by atoms with Crippen LogP contribution >= 0.6 is 11.8 Å². The number of hydrogen-bond acceptors (Lipinski definition) is 4. The molecule has 0 saturated carbocycles. The molecule has 1 amide bonds. The molecule has 0 atom stereocenters. The molecule has 0 radical (unpaired) electrons. The van der Waals surface area contributed by atoms with Gasteiger partial charge in [0.05, 0.1) is 11.4 Å². The van der Waals surface area contributed by atoms with Crippen molar-refractivity contribution < 1.29 is 9.90 Å². The first-order valence-corrected chi connectivity index (χ1v) is 10.3. The lowest BCUT2D eigenvalue weighted by Crippen LogP contribution is -2.37. The molecule has 144 valence electrons. The second-order valence-electron chi connectivity index (χ2n) is 7.11. The van der Waals surface area contributed by atoms with Crippen LogP contribution in [-0.2, 0) is 17.8 Å². The van der Waals surface area contributed by atoms with Crippen molar-refractivity contribution in [1.29, 1.82) is 0 Å². The van der Waals surface area contributed by atoms with Crippen LogP contribution in [0.3, 0.4) is 0 Å². The smallest absolute Gasteiger partial charge is 0.233 e. The Kier molecular flexibility index (Phi) is 5.13. The predicted octanol–water partition coefficient (Wildman–Crippen LogP) is 3.87. The number of aromatic hydroxyl groups is 1. The van der Waals surface area contributed by atoms with E-state index in [-0.39, 0.29) is 11.7 Å².